The molecule has 0 aromatic rings. The van der Waals surface area contributed by atoms with Crippen LogP contribution in [-0.2, 0) is 9.59 Å². The standard InChI is InChI=1S/C8H13N5O3/c9-12-11-8(15)6-1-3-13(4-2-6)7(14)5-10-16/h6H,1-5H2,(H2,9,11,15). The van der Waals surface area contributed by atoms with Crippen molar-refractivity contribution >= 4 is 11.8 Å². The lowest BCUT2D eigenvalue weighted by Crippen LogP contribution is -2.43. The molecule has 2 N–H and O–H groups in total. The van der Waals surface area contributed by atoms with Gasteiger partial charge in [-0.2, -0.15) is 10.4 Å². The first kappa shape index (κ1) is 12.2. The molecule has 1 aliphatic heterocycles. The van der Waals surface area contributed by atoms with E-state index in [2.05, 4.69) is 15.8 Å². The van der Waals surface area contributed by atoms with Crippen LogP contribution < -0.4 is 5.43 Å². The molecule has 1 aliphatic rings. The number of nitrogens with one attached hydrogen (secondary N) is 2. The van der Waals surface area contributed by atoms with Crippen molar-refractivity contribution in [2.24, 2.45) is 16.3 Å². The van der Waals surface area contributed by atoms with Crippen molar-refractivity contribution in [2.45, 2.75) is 12.8 Å². The van der Waals surface area contributed by atoms with Crippen molar-refractivity contribution < 1.29 is 9.59 Å². The normalized spacial score (nSPS) is 16.6. The lowest BCUT2D eigenvalue weighted by Gasteiger charge is -2.30. The molecule has 16 heavy (non-hydrogen) atoms. The minimum absolute atomic E-state index is 0.220. The zero-order valence-corrected chi connectivity index (χ0v) is 8.68. The molecule has 0 spiro atoms. The van der Waals surface area contributed by atoms with Crippen LogP contribution in [0.25, 0.3) is 0 Å². The van der Waals surface area contributed by atoms with Crippen LogP contribution in [0.4, 0.5) is 0 Å². The number of nitroso groups, excluding NO2 is 1. The summed E-state index contributed by atoms with van der Waals surface area (Å²) < 4.78 is 0. The molecule has 0 aliphatic carbocycles. The maximum absolute atomic E-state index is 11.3. The number of piperidine rings is 1. The van der Waals surface area contributed by atoms with Crippen molar-refractivity contribution in [3.63, 3.8) is 0 Å². The summed E-state index contributed by atoms with van der Waals surface area (Å²) in [5.41, 5.74) is 8.56. The number of carbonyl (C=O) groups excluding carboxylic acids is 2. The van der Waals surface area contributed by atoms with Gasteiger partial charge >= 0.3 is 0 Å². The number of amides is 2. The van der Waals surface area contributed by atoms with E-state index in [1.54, 1.807) is 0 Å². The van der Waals surface area contributed by atoms with Gasteiger partial charge in [-0.15, -0.1) is 0 Å². The van der Waals surface area contributed by atoms with E-state index in [0.717, 1.165) is 0 Å². The van der Waals surface area contributed by atoms with E-state index in [1.807, 2.05) is 0 Å². The maximum atomic E-state index is 11.3. The molecule has 1 fully saturated rings. The molecule has 1 saturated heterocycles. The molecular weight excluding hydrogens is 214 g/mol. The van der Waals surface area contributed by atoms with Gasteiger partial charge in [-0.1, -0.05) is 10.4 Å². The Labute approximate surface area is 91.8 Å². The van der Waals surface area contributed by atoms with Gasteiger partial charge in [0, 0.05) is 19.0 Å². The molecule has 88 valence electrons. The molecule has 0 aromatic heterocycles. The summed E-state index contributed by atoms with van der Waals surface area (Å²) in [6.45, 7) is 0.522. The molecule has 1 rings (SSSR count). The monoisotopic (exact) mass is 227 g/mol. The first-order chi connectivity index (χ1) is 7.69. The Hall–Kier alpha value is -1.86. The second-order valence-electron chi connectivity index (χ2n) is 3.53. The molecule has 2 amide bonds. The summed E-state index contributed by atoms with van der Waals surface area (Å²) in [5, 5.41) is 5.34. The van der Waals surface area contributed by atoms with Crippen LogP contribution in [-0.4, -0.2) is 36.3 Å². The van der Waals surface area contributed by atoms with Crippen LogP contribution in [0, 0.1) is 16.4 Å². The van der Waals surface area contributed by atoms with Gasteiger partial charge in [0.1, 0.15) is 0 Å². The molecule has 0 unspecified atom stereocenters. The highest BCUT2D eigenvalue weighted by molar-refractivity contribution is 5.80. The summed E-state index contributed by atoms with van der Waals surface area (Å²) >= 11 is 0. The first-order valence-electron chi connectivity index (χ1n) is 4.92. The van der Waals surface area contributed by atoms with Crippen LogP contribution in [0.5, 0.6) is 0 Å². The number of carbonyl (C=O) groups is 2. The highest BCUT2D eigenvalue weighted by Gasteiger charge is 2.27. The van der Waals surface area contributed by atoms with Gasteiger partial charge in [-0.25, -0.2) is 5.43 Å². The average Bonchev–Trinajstić information content (AvgIpc) is 2.30. The largest absolute Gasteiger partial charge is 0.341 e. The Balaban J connectivity index is 2.38. The zero-order valence-electron chi connectivity index (χ0n) is 8.68. The molecule has 0 aromatic carbocycles. The molecule has 0 saturated carbocycles. The molecule has 0 radical (unpaired) electrons. The summed E-state index contributed by atoms with van der Waals surface area (Å²) in [6, 6.07) is 0. The van der Waals surface area contributed by atoms with Crippen molar-refractivity contribution in [2.75, 3.05) is 19.6 Å². The SMILES string of the molecule is N=NNC(=O)C1CCN(C(=O)CN=O)CC1. The van der Waals surface area contributed by atoms with E-state index in [9.17, 15) is 14.5 Å². The molecule has 8 nitrogen and oxygen atoms in total. The Morgan fingerprint density at radius 2 is 2.00 bits per heavy atom. The number of nitrogens with zero attached hydrogens (tertiary/aromatic N) is 3. The van der Waals surface area contributed by atoms with Crippen LogP contribution in [0.3, 0.4) is 0 Å². The van der Waals surface area contributed by atoms with E-state index >= 15 is 0 Å². The van der Waals surface area contributed by atoms with Gasteiger partial charge in [-0.3, -0.25) is 9.59 Å². The third-order valence-corrected chi connectivity index (χ3v) is 2.58. The minimum atomic E-state index is -0.348. The molecule has 0 bridgehead atoms. The highest BCUT2D eigenvalue weighted by Crippen LogP contribution is 2.17. The number of likely N-dealkylation sites (tertiary alicyclic amines) is 1. The molecule has 0 atom stereocenters. The van der Waals surface area contributed by atoms with Crippen molar-refractivity contribution in [1.82, 2.24) is 10.3 Å². The van der Waals surface area contributed by atoms with Gasteiger partial charge in [0.05, 0.1) is 0 Å². The van der Waals surface area contributed by atoms with Gasteiger partial charge in [-0.05, 0) is 12.8 Å². The van der Waals surface area contributed by atoms with E-state index in [4.69, 9.17) is 5.53 Å². The van der Waals surface area contributed by atoms with Crippen molar-refractivity contribution in [3.05, 3.63) is 4.91 Å². The van der Waals surface area contributed by atoms with E-state index in [0.29, 0.717) is 25.9 Å². The zero-order chi connectivity index (χ0) is 12.0. The minimum Gasteiger partial charge on any atom is -0.341 e. The Bertz CT molecular complexity index is 268. The van der Waals surface area contributed by atoms with Gasteiger partial charge < -0.3 is 4.90 Å². The Morgan fingerprint density at radius 1 is 1.38 bits per heavy atom. The average molecular weight is 227 g/mol. The van der Waals surface area contributed by atoms with Gasteiger partial charge in [0.2, 0.25) is 11.8 Å². The third kappa shape index (κ3) is 3.07. The highest BCUT2D eigenvalue weighted by atomic mass is 16.3. The smallest absolute Gasteiger partial charge is 0.247 e. The summed E-state index contributed by atoms with van der Waals surface area (Å²) in [5.74, 6) is -0.822. The second kappa shape index (κ2) is 5.89. The fourth-order valence-corrected chi connectivity index (χ4v) is 1.69. The van der Waals surface area contributed by atoms with Crippen LogP contribution in [0.1, 0.15) is 12.8 Å². The number of hydrogen-bond donors (Lipinski definition) is 2. The summed E-state index contributed by atoms with van der Waals surface area (Å²) in [4.78, 5) is 34.0. The first-order valence-corrected chi connectivity index (χ1v) is 4.92. The van der Waals surface area contributed by atoms with Gasteiger partial charge in [0.15, 0.2) is 6.54 Å². The van der Waals surface area contributed by atoms with Crippen LogP contribution in [0.2, 0.25) is 0 Å². The van der Waals surface area contributed by atoms with Crippen molar-refractivity contribution in [3.8, 4) is 0 Å². The summed E-state index contributed by atoms with van der Waals surface area (Å²) in [6.07, 6.45) is 1.04. The van der Waals surface area contributed by atoms with E-state index in [1.165, 1.54) is 4.90 Å². The quantitative estimate of drug-likeness (QED) is 0.401. The third-order valence-electron chi connectivity index (χ3n) is 2.58. The lowest BCUT2D eigenvalue weighted by molar-refractivity contribution is -0.134. The Morgan fingerprint density at radius 3 is 2.50 bits per heavy atom. The van der Waals surface area contributed by atoms with Crippen molar-refractivity contribution in [1.29, 1.82) is 5.53 Å². The fourth-order valence-electron chi connectivity index (χ4n) is 1.69. The second-order valence-corrected chi connectivity index (χ2v) is 3.53. The Kier molecular flexibility index (Phi) is 4.49. The lowest BCUT2D eigenvalue weighted by atomic mass is 9.96. The maximum Gasteiger partial charge on any atom is 0.247 e. The van der Waals surface area contributed by atoms with Gasteiger partial charge in [0.25, 0.3) is 0 Å². The molecule has 8 heteroatoms. The van der Waals surface area contributed by atoms with E-state index < -0.39 is 0 Å². The van der Waals surface area contributed by atoms with Crippen LogP contribution >= 0.6 is 0 Å². The van der Waals surface area contributed by atoms with Crippen LogP contribution in [0.15, 0.2) is 10.4 Å². The molecule has 1 heterocycles. The molecular formula is C8H13N5O3. The predicted octanol–water partition coefficient (Wildman–Crippen LogP) is 0.0536. The number of rotatable bonds is 4. The van der Waals surface area contributed by atoms with E-state index in [-0.39, 0.29) is 24.3 Å². The fraction of sp³-hybridized carbons (Fsp3) is 0.750. The topological polar surface area (TPSA) is 115 Å². The number of hydrogen-bond acceptors (Lipinski definition) is 6. The summed E-state index contributed by atoms with van der Waals surface area (Å²) in [7, 11) is 0. The predicted molar refractivity (Wildman–Crippen MR) is 53.3 cm³/mol.